The largest absolute Gasteiger partial charge is 0.434 e. The monoisotopic (exact) mass is 320 g/mol. The zero-order chi connectivity index (χ0) is 14.5. The predicted octanol–water partition coefficient (Wildman–Crippen LogP) is 5.88. The van der Waals surface area contributed by atoms with Gasteiger partial charge in [-0.3, -0.25) is 0 Å². The van der Waals surface area contributed by atoms with Gasteiger partial charge in [0.05, 0.1) is 4.90 Å². The van der Waals surface area contributed by atoms with Crippen molar-refractivity contribution in [1.29, 1.82) is 0 Å². The van der Waals surface area contributed by atoms with E-state index in [1.165, 1.54) is 0 Å². The van der Waals surface area contributed by atoms with E-state index in [0.29, 0.717) is 12.1 Å². The molecule has 1 aromatic rings. The second kappa shape index (κ2) is 3.24. The minimum atomic E-state index is -10.6. The maximum Gasteiger partial charge on any atom is 0.434 e. The van der Waals surface area contributed by atoms with Crippen molar-refractivity contribution in [2.45, 2.75) is 15.5 Å². The van der Waals surface area contributed by atoms with Crippen LogP contribution in [-0.2, 0) is 0 Å². The molecule has 0 atom stereocenters. The molecule has 0 radical (unpaired) electrons. The molecule has 0 aliphatic carbocycles. The maximum atomic E-state index is 13.3. The third kappa shape index (κ3) is 1.83. The Bertz CT molecular complexity index is 458. The second-order valence-electron chi connectivity index (χ2n) is 3.40. The fourth-order valence-corrected chi connectivity index (χ4v) is 3.01. The normalized spacial score (nSPS) is 18.1. The van der Waals surface area contributed by atoms with E-state index < -0.39 is 25.4 Å². The molecule has 0 aliphatic rings. The molecule has 18 heavy (non-hydrogen) atoms. The Morgan fingerprint density at radius 3 is 1.56 bits per heavy atom. The first kappa shape index (κ1) is 15.4. The van der Waals surface area contributed by atoms with Crippen LogP contribution in [0.5, 0.6) is 0 Å². The van der Waals surface area contributed by atoms with E-state index in [1.807, 2.05) is 0 Å². The Labute approximate surface area is 101 Å². The van der Waals surface area contributed by atoms with Crippen molar-refractivity contribution in [1.82, 2.24) is 0 Å². The maximum absolute atomic E-state index is 13.3. The summed E-state index contributed by atoms with van der Waals surface area (Å²) < 4.78 is 103. The van der Waals surface area contributed by atoms with Gasteiger partial charge >= 0.3 is 10.6 Å². The number of hydrogen-bond acceptors (Lipinski definition) is 0. The van der Waals surface area contributed by atoms with E-state index in [4.69, 9.17) is 0 Å². The average Bonchev–Trinajstić information content (AvgIpc) is 2.15. The molecule has 0 amide bonds. The summed E-state index contributed by atoms with van der Waals surface area (Å²) in [7, 11) is -10.6. The van der Waals surface area contributed by atoms with Crippen LogP contribution < -0.4 is 0 Å². The van der Waals surface area contributed by atoms with Crippen molar-refractivity contribution in [3.63, 3.8) is 0 Å². The smallest absolute Gasteiger partial charge is 0.180 e. The van der Waals surface area contributed by atoms with Crippen molar-refractivity contribution >= 4 is 21.4 Å². The fourth-order valence-electron chi connectivity index (χ4n) is 1.08. The molecule has 0 aromatic heterocycles. The Balaban J connectivity index is 3.69. The van der Waals surface area contributed by atoms with Crippen LogP contribution in [0.3, 0.4) is 0 Å². The fraction of sp³-hybridized carbons (Fsp3) is 0.250. The van der Waals surface area contributed by atoms with E-state index in [-0.39, 0.29) is 12.1 Å². The van der Waals surface area contributed by atoms with Crippen molar-refractivity contribution in [2.24, 2.45) is 0 Å². The van der Waals surface area contributed by atoms with E-state index in [0.717, 1.165) is 6.07 Å². The lowest BCUT2D eigenvalue weighted by Crippen LogP contribution is -2.47. The van der Waals surface area contributed by atoms with Crippen molar-refractivity contribution < 1.29 is 33.1 Å². The van der Waals surface area contributed by atoms with Crippen molar-refractivity contribution in [3.8, 4) is 0 Å². The van der Waals surface area contributed by atoms with Crippen LogP contribution in [0.4, 0.5) is 33.1 Å². The molecule has 0 N–H and O–H groups in total. The van der Waals surface area contributed by atoms with Crippen LogP contribution in [0.25, 0.3) is 0 Å². The Morgan fingerprint density at radius 2 is 1.22 bits per heavy atom. The molecule has 1 rings (SSSR count). The summed E-state index contributed by atoms with van der Waals surface area (Å²) in [5.41, 5.74) is 0. The third-order valence-corrected chi connectivity index (χ3v) is 4.92. The van der Waals surface area contributed by atoms with Gasteiger partial charge in [0, 0.05) is 0 Å². The molecule has 0 aliphatic heterocycles. The minimum Gasteiger partial charge on any atom is -0.180 e. The summed E-state index contributed by atoms with van der Waals surface area (Å²) >= 11 is 3.72. The van der Waals surface area contributed by atoms with Gasteiger partial charge in [-0.05, 0) is 23.7 Å². The average molecular weight is 321 g/mol. The standard InChI is InChI=1S/C8H5ClF8S/c9-7(10,11)8(12,13)18(14,15,16,17)6-4-2-1-3-5-6/h1-5H. The van der Waals surface area contributed by atoms with E-state index in [9.17, 15) is 33.1 Å². The highest BCUT2D eigenvalue weighted by Gasteiger charge is 2.90. The first-order valence-corrected chi connectivity index (χ1v) is 6.56. The molecule has 0 spiro atoms. The topological polar surface area (TPSA) is 0 Å². The highest BCUT2D eigenvalue weighted by atomic mass is 35.5. The highest BCUT2D eigenvalue weighted by Crippen LogP contribution is 3.08. The van der Waals surface area contributed by atoms with Crippen LogP contribution in [0.2, 0.25) is 0 Å². The van der Waals surface area contributed by atoms with Gasteiger partial charge in [0.15, 0.2) is 0 Å². The summed E-state index contributed by atoms with van der Waals surface area (Å²) in [5, 5.41) is -13.1. The minimum absolute atomic E-state index is 0.0574. The quantitative estimate of drug-likeness (QED) is 0.481. The van der Waals surface area contributed by atoms with Crippen LogP contribution in [0, 0.1) is 0 Å². The van der Waals surface area contributed by atoms with Crippen LogP contribution in [-0.4, -0.2) is 10.6 Å². The molecule has 0 saturated heterocycles. The molecular weight excluding hydrogens is 316 g/mol. The molecule has 1 aromatic carbocycles. The Morgan fingerprint density at radius 1 is 0.833 bits per heavy atom. The van der Waals surface area contributed by atoms with Gasteiger partial charge in [-0.1, -0.05) is 18.2 Å². The zero-order valence-electron chi connectivity index (χ0n) is 8.20. The van der Waals surface area contributed by atoms with Gasteiger partial charge < -0.3 is 0 Å². The lowest BCUT2D eigenvalue weighted by molar-refractivity contribution is -0.113. The van der Waals surface area contributed by atoms with Crippen LogP contribution in [0.1, 0.15) is 0 Å². The molecule has 0 saturated carbocycles. The number of hydrogen-bond donors (Lipinski definition) is 0. The molecule has 0 nitrogen and oxygen atoms in total. The Hall–Kier alpha value is -0.700. The van der Waals surface area contributed by atoms with Gasteiger partial charge in [-0.2, -0.15) is 17.6 Å². The van der Waals surface area contributed by atoms with Gasteiger partial charge in [0.25, 0.3) is 0 Å². The molecule has 0 fully saturated rings. The molecule has 0 bridgehead atoms. The van der Waals surface area contributed by atoms with Crippen LogP contribution in [0.15, 0.2) is 35.2 Å². The highest BCUT2D eigenvalue weighted by molar-refractivity contribution is 8.50. The number of halogens is 9. The van der Waals surface area contributed by atoms with Gasteiger partial charge in [0.2, 0.25) is 9.84 Å². The van der Waals surface area contributed by atoms with Crippen molar-refractivity contribution in [3.05, 3.63) is 30.3 Å². The van der Waals surface area contributed by atoms with Gasteiger partial charge in [0.1, 0.15) is 0 Å². The lowest BCUT2D eigenvalue weighted by Gasteiger charge is -2.54. The summed E-state index contributed by atoms with van der Waals surface area (Å²) in [5.74, 6) is 0. The van der Waals surface area contributed by atoms with E-state index in [1.54, 1.807) is 0 Å². The lowest BCUT2D eigenvalue weighted by atomic mass is 10.4. The summed E-state index contributed by atoms with van der Waals surface area (Å²) in [6.45, 7) is 0. The van der Waals surface area contributed by atoms with Crippen molar-refractivity contribution in [2.75, 3.05) is 0 Å². The molecular formula is C8H5ClF8S. The molecule has 106 valence electrons. The second-order valence-corrected chi connectivity index (χ2v) is 6.99. The predicted molar refractivity (Wildman–Crippen MR) is 52.5 cm³/mol. The van der Waals surface area contributed by atoms with Gasteiger partial charge in [-0.15, -0.1) is 15.5 Å². The number of rotatable bonds is 3. The first-order chi connectivity index (χ1) is 7.64. The molecule has 10 heteroatoms. The molecule has 0 heterocycles. The summed E-state index contributed by atoms with van der Waals surface area (Å²) in [6, 6.07) is 2.05. The summed E-state index contributed by atoms with van der Waals surface area (Å²) in [4.78, 5) is -2.47. The van der Waals surface area contributed by atoms with Crippen LogP contribution >= 0.6 is 21.4 Å². The Kier molecular flexibility index (Phi) is 2.77. The van der Waals surface area contributed by atoms with Gasteiger partial charge in [-0.25, -0.2) is 0 Å². The number of alkyl halides is 5. The zero-order valence-corrected chi connectivity index (χ0v) is 9.77. The summed E-state index contributed by atoms with van der Waals surface area (Å²) in [6.07, 6.45) is 0. The number of benzene rings is 1. The first-order valence-electron chi connectivity index (χ1n) is 4.13. The van der Waals surface area contributed by atoms with E-state index in [2.05, 4.69) is 11.6 Å². The molecule has 0 unspecified atom stereocenters. The third-order valence-electron chi connectivity index (χ3n) is 2.06. The SMILES string of the molecule is FC(F)(Cl)C(F)(F)S(F)(F)(F)(F)c1ccccc1. The van der Waals surface area contributed by atoms with E-state index >= 15 is 0 Å².